The van der Waals surface area contributed by atoms with Crippen LogP contribution in [-0.2, 0) is 16.1 Å². The zero-order valence-electron chi connectivity index (χ0n) is 15.6. The summed E-state index contributed by atoms with van der Waals surface area (Å²) in [6, 6.07) is 11.3. The van der Waals surface area contributed by atoms with E-state index in [4.69, 9.17) is 16.3 Å². The summed E-state index contributed by atoms with van der Waals surface area (Å²) in [6.45, 7) is 1.80. The number of anilines is 1. The zero-order valence-corrected chi connectivity index (χ0v) is 16.3. The summed E-state index contributed by atoms with van der Waals surface area (Å²) in [7, 11) is 1.32. The van der Waals surface area contributed by atoms with Crippen molar-refractivity contribution in [3.63, 3.8) is 0 Å². The van der Waals surface area contributed by atoms with Crippen molar-refractivity contribution in [2.75, 3.05) is 25.5 Å². The van der Waals surface area contributed by atoms with Crippen LogP contribution in [0.25, 0.3) is 0 Å². The number of ether oxygens (including phenoxy) is 1. The molecule has 1 heterocycles. The van der Waals surface area contributed by atoms with E-state index in [0.29, 0.717) is 54.3 Å². The molecule has 0 unspecified atom stereocenters. The molecule has 1 N–H and O–H groups in total. The summed E-state index contributed by atoms with van der Waals surface area (Å²) < 4.78 is 18.7. The van der Waals surface area contributed by atoms with E-state index in [-0.39, 0.29) is 17.6 Å². The fourth-order valence-electron chi connectivity index (χ4n) is 3.35. The molecule has 2 aromatic carbocycles. The number of methoxy groups -OCH3 is 1. The van der Waals surface area contributed by atoms with E-state index in [0.717, 1.165) is 0 Å². The first-order valence-corrected chi connectivity index (χ1v) is 9.50. The minimum atomic E-state index is -0.448. The highest BCUT2D eigenvalue weighted by atomic mass is 35.5. The Morgan fingerprint density at radius 2 is 1.93 bits per heavy atom. The molecule has 1 saturated heterocycles. The van der Waals surface area contributed by atoms with Gasteiger partial charge in [0.1, 0.15) is 5.82 Å². The predicted molar refractivity (Wildman–Crippen MR) is 106 cm³/mol. The van der Waals surface area contributed by atoms with Crippen molar-refractivity contribution in [3.8, 4) is 0 Å². The molecule has 0 spiro atoms. The van der Waals surface area contributed by atoms with E-state index >= 15 is 0 Å². The van der Waals surface area contributed by atoms with Gasteiger partial charge in [-0.05, 0) is 56.3 Å². The Kier molecular flexibility index (Phi) is 6.65. The number of nitrogens with zero attached hydrogens (tertiary/aromatic N) is 1. The van der Waals surface area contributed by atoms with Crippen molar-refractivity contribution in [2.45, 2.75) is 19.4 Å². The van der Waals surface area contributed by atoms with E-state index < -0.39 is 5.97 Å². The molecule has 0 saturated carbocycles. The van der Waals surface area contributed by atoms with Crippen molar-refractivity contribution in [2.24, 2.45) is 5.92 Å². The summed E-state index contributed by atoms with van der Waals surface area (Å²) >= 11 is 6.10. The average molecular weight is 405 g/mol. The zero-order chi connectivity index (χ0) is 20.1. The highest BCUT2D eigenvalue weighted by Gasteiger charge is 2.26. The van der Waals surface area contributed by atoms with Gasteiger partial charge in [-0.15, -0.1) is 0 Å². The van der Waals surface area contributed by atoms with Gasteiger partial charge < -0.3 is 10.1 Å². The first-order valence-electron chi connectivity index (χ1n) is 9.12. The lowest BCUT2D eigenvalue weighted by Crippen LogP contribution is -2.38. The van der Waals surface area contributed by atoms with E-state index in [2.05, 4.69) is 10.2 Å². The van der Waals surface area contributed by atoms with Gasteiger partial charge in [-0.25, -0.2) is 9.18 Å². The number of likely N-dealkylation sites (tertiary alicyclic amines) is 1. The maximum absolute atomic E-state index is 14.0. The van der Waals surface area contributed by atoms with Gasteiger partial charge in [-0.2, -0.15) is 0 Å². The van der Waals surface area contributed by atoms with Crippen molar-refractivity contribution in [3.05, 3.63) is 64.4 Å². The number of carbonyl (C=O) groups excluding carboxylic acids is 2. The van der Waals surface area contributed by atoms with Gasteiger partial charge in [-0.1, -0.05) is 23.7 Å². The van der Waals surface area contributed by atoms with Crippen molar-refractivity contribution < 1.29 is 18.7 Å². The fraction of sp³-hybridized carbons (Fsp3) is 0.333. The third-order valence-electron chi connectivity index (χ3n) is 4.95. The molecule has 148 valence electrons. The maximum atomic E-state index is 14.0. The molecule has 0 aromatic heterocycles. The van der Waals surface area contributed by atoms with Gasteiger partial charge in [-0.3, -0.25) is 9.69 Å². The summed E-state index contributed by atoms with van der Waals surface area (Å²) in [6.07, 6.45) is 1.35. The number of hydrogen-bond donors (Lipinski definition) is 1. The van der Waals surface area contributed by atoms with Gasteiger partial charge in [0.05, 0.1) is 12.7 Å². The first kappa shape index (κ1) is 20.3. The maximum Gasteiger partial charge on any atom is 0.337 e. The predicted octanol–water partition coefficient (Wildman–Crippen LogP) is 4.12. The smallest absolute Gasteiger partial charge is 0.337 e. The monoisotopic (exact) mass is 404 g/mol. The molecule has 7 heteroatoms. The molecule has 3 rings (SSSR count). The van der Waals surface area contributed by atoms with E-state index in [1.807, 2.05) is 0 Å². The Morgan fingerprint density at radius 1 is 1.21 bits per heavy atom. The quantitative estimate of drug-likeness (QED) is 0.762. The lowest BCUT2D eigenvalue weighted by molar-refractivity contribution is -0.121. The molecular formula is C21H22ClFN2O3. The summed E-state index contributed by atoms with van der Waals surface area (Å²) in [5.41, 5.74) is 1.44. The average Bonchev–Trinajstić information content (AvgIpc) is 2.71. The SMILES string of the molecule is COC(=O)c1cccc(NC(=O)C2CCN(Cc3c(F)cccc3Cl)CC2)c1. The number of nitrogens with one attached hydrogen (secondary N) is 1. The molecular weight excluding hydrogens is 383 g/mol. The second-order valence-corrected chi connectivity index (χ2v) is 7.22. The lowest BCUT2D eigenvalue weighted by Gasteiger charge is -2.31. The largest absolute Gasteiger partial charge is 0.465 e. The minimum Gasteiger partial charge on any atom is -0.465 e. The van der Waals surface area contributed by atoms with Crippen LogP contribution in [0.5, 0.6) is 0 Å². The minimum absolute atomic E-state index is 0.0782. The molecule has 1 aliphatic heterocycles. The van der Waals surface area contributed by atoms with Gasteiger partial charge in [0.15, 0.2) is 0 Å². The van der Waals surface area contributed by atoms with Crippen LogP contribution in [0.3, 0.4) is 0 Å². The van der Waals surface area contributed by atoms with Gasteiger partial charge >= 0.3 is 5.97 Å². The molecule has 28 heavy (non-hydrogen) atoms. The highest BCUT2D eigenvalue weighted by Crippen LogP contribution is 2.25. The van der Waals surface area contributed by atoms with Crippen LogP contribution in [0.15, 0.2) is 42.5 Å². The van der Waals surface area contributed by atoms with E-state index in [9.17, 15) is 14.0 Å². The van der Waals surface area contributed by atoms with Crippen molar-refractivity contribution >= 4 is 29.2 Å². The Bertz CT molecular complexity index is 846. The lowest BCUT2D eigenvalue weighted by atomic mass is 9.95. The normalized spacial score (nSPS) is 15.2. The van der Waals surface area contributed by atoms with E-state index in [1.165, 1.54) is 13.2 Å². The Morgan fingerprint density at radius 3 is 2.61 bits per heavy atom. The summed E-state index contributed by atoms with van der Waals surface area (Å²) in [5.74, 6) is -0.964. The van der Waals surface area contributed by atoms with Gasteiger partial charge in [0.2, 0.25) is 5.91 Å². The second-order valence-electron chi connectivity index (χ2n) is 6.81. The number of halogens is 2. The first-order chi connectivity index (χ1) is 13.5. The molecule has 1 aliphatic rings. The molecule has 0 radical (unpaired) electrons. The van der Waals surface area contributed by atoms with Crippen molar-refractivity contribution in [1.82, 2.24) is 4.90 Å². The van der Waals surface area contributed by atoms with Crippen LogP contribution in [0.1, 0.15) is 28.8 Å². The van der Waals surface area contributed by atoms with Crippen LogP contribution < -0.4 is 5.32 Å². The third kappa shape index (κ3) is 4.88. The standard InChI is InChI=1S/C21H22ClFN2O3/c1-28-21(27)15-4-2-5-16(12-15)24-20(26)14-8-10-25(11-9-14)13-17-18(22)6-3-7-19(17)23/h2-7,12,14H,8-11,13H2,1H3,(H,24,26). The van der Waals surface area contributed by atoms with Gasteiger partial charge in [0.25, 0.3) is 0 Å². The summed E-state index contributed by atoms with van der Waals surface area (Å²) in [5, 5.41) is 3.29. The Hall–Kier alpha value is -2.44. The second kappa shape index (κ2) is 9.17. The van der Waals surface area contributed by atoms with Crippen molar-refractivity contribution in [1.29, 1.82) is 0 Å². The van der Waals surface area contributed by atoms with Crippen LogP contribution in [-0.4, -0.2) is 37.0 Å². The third-order valence-corrected chi connectivity index (χ3v) is 5.31. The number of amides is 1. The Labute approximate surface area is 168 Å². The molecule has 1 amide bonds. The number of carbonyl (C=O) groups is 2. The summed E-state index contributed by atoms with van der Waals surface area (Å²) in [4.78, 5) is 26.3. The molecule has 0 aliphatic carbocycles. The van der Waals surface area contributed by atoms with E-state index in [1.54, 1.807) is 36.4 Å². The number of rotatable bonds is 5. The number of esters is 1. The van der Waals surface area contributed by atoms with Crippen LogP contribution >= 0.6 is 11.6 Å². The molecule has 0 bridgehead atoms. The number of hydrogen-bond acceptors (Lipinski definition) is 4. The van der Waals surface area contributed by atoms with Crippen LogP contribution in [0, 0.1) is 11.7 Å². The van der Waals surface area contributed by atoms with Crippen LogP contribution in [0.2, 0.25) is 5.02 Å². The fourth-order valence-corrected chi connectivity index (χ4v) is 3.57. The highest BCUT2D eigenvalue weighted by molar-refractivity contribution is 6.31. The van der Waals surface area contributed by atoms with Gasteiger partial charge in [0, 0.05) is 28.7 Å². The Balaban J connectivity index is 1.55. The number of piperidine rings is 1. The van der Waals surface area contributed by atoms with Crippen LogP contribution in [0.4, 0.5) is 10.1 Å². The molecule has 0 atom stereocenters. The number of benzene rings is 2. The molecule has 1 fully saturated rings. The topological polar surface area (TPSA) is 58.6 Å². The molecule has 5 nitrogen and oxygen atoms in total. The molecule has 2 aromatic rings.